The fourth-order valence-corrected chi connectivity index (χ4v) is 4.00. The van der Waals surface area contributed by atoms with Gasteiger partial charge in [-0.3, -0.25) is 4.79 Å². The smallest absolute Gasteiger partial charge is 0.252 e. The lowest BCUT2D eigenvalue weighted by atomic mass is 9.97. The molecule has 2 heterocycles. The molecule has 0 saturated carbocycles. The van der Waals surface area contributed by atoms with E-state index in [9.17, 15) is 4.79 Å². The number of aryl methyl sites for hydroxylation is 1. The molecule has 1 N–H and O–H groups in total. The van der Waals surface area contributed by atoms with E-state index in [-0.39, 0.29) is 25.2 Å². The Morgan fingerprint density at radius 3 is 2.35 bits per heavy atom. The predicted molar refractivity (Wildman–Crippen MR) is 134 cm³/mol. The Hall–Kier alpha value is -4.23. The quantitative estimate of drug-likeness (QED) is 0.211. The van der Waals surface area contributed by atoms with Crippen LogP contribution in [0.25, 0.3) is 32.1 Å². The van der Waals surface area contributed by atoms with Crippen LogP contribution in [0.5, 0.6) is 17.2 Å². The maximum Gasteiger partial charge on any atom is 0.252 e. The number of ether oxygens (including phenoxy) is 3. The SMILES string of the molecule is C.CCc1[nH]c(=O)c(Cc2cc3cc(OC)ccc3nc2N=[N+]=[N-])c2cc(OC)c(OC)cc12. The lowest BCUT2D eigenvalue weighted by Gasteiger charge is -2.15. The van der Waals surface area contributed by atoms with Gasteiger partial charge in [0.25, 0.3) is 5.56 Å². The molecule has 0 aliphatic carbocycles. The number of nitrogens with zero attached hydrogens (tertiary/aromatic N) is 4. The van der Waals surface area contributed by atoms with Gasteiger partial charge in [-0.25, -0.2) is 4.98 Å². The molecule has 9 nitrogen and oxygen atoms in total. The van der Waals surface area contributed by atoms with Gasteiger partial charge >= 0.3 is 0 Å². The van der Waals surface area contributed by atoms with Crippen LogP contribution in [-0.2, 0) is 12.8 Å². The van der Waals surface area contributed by atoms with Gasteiger partial charge in [-0.15, -0.1) is 0 Å². The molecule has 0 radical (unpaired) electrons. The first-order chi connectivity index (χ1) is 16.0. The number of fused-ring (bicyclic) bond motifs is 2. The van der Waals surface area contributed by atoms with Crippen LogP contribution in [0, 0.1) is 0 Å². The summed E-state index contributed by atoms with van der Waals surface area (Å²) in [5.74, 6) is 2.00. The van der Waals surface area contributed by atoms with Crippen LogP contribution in [0.4, 0.5) is 5.82 Å². The van der Waals surface area contributed by atoms with E-state index in [1.165, 1.54) is 0 Å². The molecule has 34 heavy (non-hydrogen) atoms. The summed E-state index contributed by atoms with van der Waals surface area (Å²) in [5.41, 5.74) is 11.5. The molecule has 4 aromatic rings. The van der Waals surface area contributed by atoms with Crippen molar-refractivity contribution in [1.82, 2.24) is 9.97 Å². The van der Waals surface area contributed by atoms with Crippen molar-refractivity contribution in [1.29, 1.82) is 0 Å². The zero-order valence-electron chi connectivity index (χ0n) is 18.8. The van der Waals surface area contributed by atoms with E-state index in [1.54, 1.807) is 33.5 Å². The Bertz CT molecular complexity index is 1470. The molecular formula is C25H27N5O4. The van der Waals surface area contributed by atoms with Gasteiger partial charge in [0.15, 0.2) is 11.5 Å². The minimum atomic E-state index is -0.218. The van der Waals surface area contributed by atoms with Crippen LogP contribution < -0.4 is 19.8 Å². The van der Waals surface area contributed by atoms with E-state index < -0.39 is 0 Å². The van der Waals surface area contributed by atoms with Gasteiger partial charge in [0.1, 0.15) is 11.6 Å². The highest BCUT2D eigenvalue weighted by molar-refractivity contribution is 5.91. The number of azide groups is 1. The van der Waals surface area contributed by atoms with Crippen molar-refractivity contribution >= 4 is 27.5 Å². The van der Waals surface area contributed by atoms with Crippen molar-refractivity contribution < 1.29 is 14.2 Å². The lowest BCUT2D eigenvalue weighted by molar-refractivity contribution is 0.356. The first-order valence-corrected chi connectivity index (χ1v) is 10.3. The number of H-pyrrole nitrogens is 1. The van der Waals surface area contributed by atoms with Crippen molar-refractivity contribution in [2.24, 2.45) is 5.11 Å². The molecule has 2 aromatic heterocycles. The van der Waals surface area contributed by atoms with Crippen LogP contribution in [0.1, 0.15) is 31.2 Å². The molecule has 176 valence electrons. The summed E-state index contributed by atoms with van der Waals surface area (Å²) >= 11 is 0. The fraction of sp³-hybridized carbons (Fsp3) is 0.280. The summed E-state index contributed by atoms with van der Waals surface area (Å²) in [6.45, 7) is 1.97. The van der Waals surface area contributed by atoms with Crippen molar-refractivity contribution in [3.8, 4) is 17.2 Å². The maximum absolute atomic E-state index is 13.1. The third kappa shape index (κ3) is 4.33. The summed E-state index contributed by atoms with van der Waals surface area (Å²) in [6.07, 6.45) is 0.850. The van der Waals surface area contributed by atoms with Gasteiger partial charge in [-0.05, 0) is 64.4 Å². The number of pyridine rings is 2. The van der Waals surface area contributed by atoms with E-state index in [4.69, 9.17) is 19.7 Å². The van der Waals surface area contributed by atoms with Crippen LogP contribution in [0.3, 0.4) is 0 Å². The zero-order chi connectivity index (χ0) is 23.5. The molecule has 0 unspecified atom stereocenters. The molecule has 9 heteroatoms. The number of methoxy groups -OCH3 is 3. The average Bonchev–Trinajstić information content (AvgIpc) is 2.84. The third-order valence-electron chi connectivity index (χ3n) is 5.65. The second-order valence-electron chi connectivity index (χ2n) is 7.41. The summed E-state index contributed by atoms with van der Waals surface area (Å²) in [7, 11) is 4.72. The van der Waals surface area contributed by atoms with Gasteiger partial charge < -0.3 is 19.2 Å². The second-order valence-corrected chi connectivity index (χ2v) is 7.41. The molecular weight excluding hydrogens is 434 g/mol. The molecule has 2 aromatic carbocycles. The summed E-state index contributed by atoms with van der Waals surface area (Å²) in [6, 6.07) is 11.0. The van der Waals surface area contributed by atoms with Gasteiger partial charge in [-0.2, -0.15) is 0 Å². The van der Waals surface area contributed by atoms with Crippen molar-refractivity contribution in [2.45, 2.75) is 27.2 Å². The van der Waals surface area contributed by atoms with Crippen molar-refractivity contribution in [2.75, 3.05) is 21.3 Å². The number of hydrogen-bond donors (Lipinski definition) is 1. The molecule has 0 aliphatic rings. The van der Waals surface area contributed by atoms with Gasteiger partial charge in [0.05, 0.1) is 26.8 Å². The third-order valence-corrected chi connectivity index (χ3v) is 5.65. The Labute approximate surface area is 196 Å². The first kappa shape index (κ1) is 24.4. The van der Waals surface area contributed by atoms with Crippen LogP contribution in [0.2, 0.25) is 0 Å². The molecule has 0 amide bonds. The van der Waals surface area contributed by atoms with Crippen LogP contribution in [0.15, 0.2) is 46.3 Å². The van der Waals surface area contributed by atoms with E-state index in [2.05, 4.69) is 20.0 Å². The Kier molecular flexibility index (Phi) is 7.28. The van der Waals surface area contributed by atoms with Gasteiger partial charge in [0.2, 0.25) is 0 Å². The number of aromatic nitrogens is 2. The highest BCUT2D eigenvalue weighted by Gasteiger charge is 2.17. The molecule has 4 rings (SSSR count). The second kappa shape index (κ2) is 10.1. The molecule has 0 bridgehead atoms. The minimum absolute atomic E-state index is 0. The molecule has 0 fully saturated rings. The van der Waals surface area contributed by atoms with Crippen LogP contribution >= 0.6 is 0 Å². The number of rotatable bonds is 7. The maximum atomic E-state index is 13.1. The number of nitrogens with one attached hydrogen (secondary N) is 1. The monoisotopic (exact) mass is 461 g/mol. The van der Waals surface area contributed by atoms with Crippen LogP contribution in [-0.4, -0.2) is 31.3 Å². The first-order valence-electron chi connectivity index (χ1n) is 10.3. The Morgan fingerprint density at radius 1 is 1.03 bits per heavy atom. The predicted octanol–water partition coefficient (Wildman–Crippen LogP) is 5.83. The van der Waals surface area contributed by atoms with Gasteiger partial charge in [-0.1, -0.05) is 14.4 Å². The Morgan fingerprint density at radius 2 is 1.74 bits per heavy atom. The standard InChI is InChI=1S/C24H23N5O4.CH4/c1-5-19-17-12-22(33-4)21(32-3)11-16(17)18(24(30)27-19)10-14-8-13-9-15(31-2)6-7-20(13)26-23(14)28-29-25;/h6-9,11-12H,5,10H2,1-4H3,(H,27,30);1H4. The Balaban J connectivity index is 0.00000324. The number of aromatic amines is 1. The van der Waals surface area contributed by atoms with E-state index in [0.717, 1.165) is 21.9 Å². The lowest BCUT2D eigenvalue weighted by Crippen LogP contribution is -2.16. The van der Waals surface area contributed by atoms with E-state index in [1.807, 2.05) is 31.2 Å². The number of benzene rings is 2. The zero-order valence-corrected chi connectivity index (χ0v) is 18.8. The normalized spacial score (nSPS) is 10.5. The largest absolute Gasteiger partial charge is 0.497 e. The summed E-state index contributed by atoms with van der Waals surface area (Å²) in [4.78, 5) is 23.6. The van der Waals surface area contributed by atoms with Crippen molar-refractivity contribution in [3.05, 3.63) is 74.0 Å². The molecule has 0 atom stereocenters. The summed E-state index contributed by atoms with van der Waals surface area (Å²) in [5, 5.41) is 6.20. The topological polar surface area (TPSA) is 122 Å². The highest BCUT2D eigenvalue weighted by atomic mass is 16.5. The number of hydrogen-bond acceptors (Lipinski definition) is 6. The van der Waals surface area contributed by atoms with Crippen molar-refractivity contribution in [3.63, 3.8) is 0 Å². The highest BCUT2D eigenvalue weighted by Crippen LogP contribution is 2.35. The van der Waals surface area contributed by atoms with E-state index >= 15 is 0 Å². The molecule has 0 spiro atoms. The summed E-state index contributed by atoms with van der Waals surface area (Å²) < 4.78 is 16.3. The van der Waals surface area contributed by atoms with E-state index in [0.29, 0.717) is 40.3 Å². The fourth-order valence-electron chi connectivity index (χ4n) is 4.00. The average molecular weight is 462 g/mol. The molecule has 0 saturated heterocycles. The minimum Gasteiger partial charge on any atom is -0.497 e. The molecule has 0 aliphatic heterocycles. The van der Waals surface area contributed by atoms with Gasteiger partial charge in [0, 0.05) is 33.4 Å².